The van der Waals surface area contributed by atoms with Crippen LogP contribution in [0.15, 0.2) is 53.9 Å². The monoisotopic (exact) mass is 479 g/mol. The summed E-state index contributed by atoms with van der Waals surface area (Å²) in [7, 11) is 0. The Morgan fingerprint density at radius 2 is 1.79 bits per heavy atom. The van der Waals surface area contributed by atoms with Gasteiger partial charge in [0.05, 0.1) is 28.2 Å². The summed E-state index contributed by atoms with van der Waals surface area (Å²) in [6.45, 7) is 5.13. The maximum atomic E-state index is 14.3. The second kappa shape index (κ2) is 10.3. The predicted molar refractivity (Wildman–Crippen MR) is 128 cm³/mol. The van der Waals surface area contributed by atoms with Crippen molar-refractivity contribution in [2.45, 2.75) is 32.8 Å². The summed E-state index contributed by atoms with van der Waals surface area (Å²) in [5, 5.41) is 15.9. The fourth-order valence-corrected chi connectivity index (χ4v) is 3.85. The molecule has 0 saturated carbocycles. The molecule has 2 amide bonds. The number of hydrogen-bond donors (Lipinski definition) is 2. The number of nitrogens with one attached hydrogen (secondary N) is 2. The molecule has 1 aromatic heterocycles. The molecular weight excluding hydrogens is 457 g/mol. The van der Waals surface area contributed by atoms with Crippen molar-refractivity contribution in [3.63, 3.8) is 0 Å². The van der Waals surface area contributed by atoms with Gasteiger partial charge in [-0.25, -0.2) is 9.18 Å². The first-order valence-corrected chi connectivity index (χ1v) is 11.1. The summed E-state index contributed by atoms with van der Waals surface area (Å²) < 4.78 is 19.6. The van der Waals surface area contributed by atoms with Crippen LogP contribution in [0.3, 0.4) is 0 Å². The van der Waals surface area contributed by atoms with E-state index >= 15 is 0 Å². The lowest BCUT2D eigenvalue weighted by molar-refractivity contribution is -0.115. The van der Waals surface area contributed by atoms with Crippen LogP contribution < -0.4 is 10.6 Å². The molecule has 0 atom stereocenters. The van der Waals surface area contributed by atoms with Crippen molar-refractivity contribution in [1.29, 1.82) is 5.26 Å². The van der Waals surface area contributed by atoms with Gasteiger partial charge in [0.25, 0.3) is 0 Å². The van der Waals surface area contributed by atoms with Crippen molar-refractivity contribution >= 4 is 40.5 Å². The Morgan fingerprint density at radius 1 is 1.06 bits per heavy atom. The maximum Gasteiger partial charge on any atom is 0.412 e. The normalized spacial score (nSPS) is 10.8. The van der Waals surface area contributed by atoms with E-state index in [1.165, 1.54) is 24.3 Å². The van der Waals surface area contributed by atoms with Crippen LogP contribution >= 0.6 is 11.3 Å². The topological polar surface area (TPSA) is 108 Å². The van der Waals surface area contributed by atoms with Crippen molar-refractivity contribution < 1.29 is 23.5 Å². The Balaban J connectivity index is 1.88. The molecule has 7 nitrogen and oxygen atoms in total. The van der Waals surface area contributed by atoms with Crippen molar-refractivity contribution in [2.24, 2.45) is 0 Å². The van der Waals surface area contributed by atoms with Gasteiger partial charge in [0.15, 0.2) is 5.78 Å². The summed E-state index contributed by atoms with van der Waals surface area (Å²) in [4.78, 5) is 37.7. The lowest BCUT2D eigenvalue weighted by Gasteiger charge is -2.21. The van der Waals surface area contributed by atoms with Crippen LogP contribution in [0, 0.1) is 17.1 Å². The fraction of sp³-hybridized carbons (Fsp3) is 0.200. The lowest BCUT2D eigenvalue weighted by atomic mass is 10.0. The van der Waals surface area contributed by atoms with Crippen LogP contribution in [0.4, 0.5) is 20.6 Å². The summed E-state index contributed by atoms with van der Waals surface area (Å²) >= 11 is 1.08. The second-order valence-electron chi connectivity index (χ2n) is 8.29. The van der Waals surface area contributed by atoms with E-state index < -0.39 is 35.6 Å². The predicted octanol–water partition coefficient (Wildman–Crippen LogP) is 5.98. The zero-order chi connectivity index (χ0) is 24.9. The first-order chi connectivity index (χ1) is 16.1. The van der Waals surface area contributed by atoms with Crippen LogP contribution in [0.25, 0.3) is 11.1 Å². The first kappa shape index (κ1) is 24.6. The number of nitriles is 1. The standard InChI is InChI=1S/C25H22FN3O4S/c1-25(2,3)33-24(32)29-19-9-8-15(17-6-4-5-7-18(17)26)12-20(19)28-22(31)13-21(30)23-16(14-27)10-11-34-23/h4-12H,13H2,1-3H3,(H,28,31)(H,29,32). The SMILES string of the molecule is CC(C)(C)OC(=O)Nc1ccc(-c2ccccc2F)cc1NC(=O)CC(=O)c1sccc1C#N. The van der Waals surface area contributed by atoms with Gasteiger partial charge < -0.3 is 10.1 Å². The quantitative estimate of drug-likeness (QED) is 0.334. The molecule has 0 bridgehead atoms. The largest absolute Gasteiger partial charge is 0.444 e. The number of anilines is 2. The van der Waals surface area contributed by atoms with Gasteiger partial charge in [0.1, 0.15) is 17.5 Å². The highest BCUT2D eigenvalue weighted by molar-refractivity contribution is 7.12. The molecular formula is C25H22FN3O4S. The number of amides is 2. The number of carbonyl (C=O) groups is 3. The molecule has 0 spiro atoms. The van der Waals surface area contributed by atoms with Gasteiger partial charge in [-0.3, -0.25) is 14.9 Å². The number of halogens is 1. The molecule has 3 rings (SSSR count). The Hall–Kier alpha value is -4.03. The summed E-state index contributed by atoms with van der Waals surface area (Å²) in [6, 6.07) is 14.2. The van der Waals surface area contributed by atoms with Crippen molar-refractivity contribution in [3.8, 4) is 17.2 Å². The molecule has 0 unspecified atom stereocenters. The van der Waals surface area contributed by atoms with Crippen LogP contribution in [0.5, 0.6) is 0 Å². The van der Waals surface area contributed by atoms with E-state index in [2.05, 4.69) is 10.6 Å². The fourth-order valence-electron chi connectivity index (χ4n) is 3.07. The number of Topliss-reactive ketones (excluding diaryl/α,β-unsaturated/α-hetero) is 1. The van der Waals surface area contributed by atoms with Crippen molar-refractivity contribution in [2.75, 3.05) is 10.6 Å². The molecule has 2 aromatic carbocycles. The van der Waals surface area contributed by atoms with E-state index in [-0.39, 0.29) is 21.8 Å². The van der Waals surface area contributed by atoms with Gasteiger partial charge in [-0.05, 0) is 56.0 Å². The van der Waals surface area contributed by atoms with E-state index in [1.807, 2.05) is 6.07 Å². The minimum absolute atomic E-state index is 0.163. The Bertz CT molecular complexity index is 1290. The molecule has 9 heteroatoms. The Morgan fingerprint density at radius 3 is 2.47 bits per heavy atom. The molecule has 34 heavy (non-hydrogen) atoms. The average Bonchev–Trinajstić information content (AvgIpc) is 3.23. The third-order valence-electron chi connectivity index (χ3n) is 4.47. The lowest BCUT2D eigenvalue weighted by Crippen LogP contribution is -2.27. The van der Waals surface area contributed by atoms with Gasteiger partial charge in [-0.2, -0.15) is 5.26 Å². The molecule has 1 heterocycles. The van der Waals surface area contributed by atoms with Crippen LogP contribution in [0.1, 0.15) is 42.4 Å². The molecule has 2 N–H and O–H groups in total. The second-order valence-corrected chi connectivity index (χ2v) is 9.21. The number of rotatable bonds is 6. The van der Waals surface area contributed by atoms with Gasteiger partial charge in [-0.1, -0.05) is 24.3 Å². The molecule has 3 aromatic rings. The van der Waals surface area contributed by atoms with Gasteiger partial charge in [0.2, 0.25) is 5.91 Å². The molecule has 0 aliphatic rings. The number of carbonyl (C=O) groups excluding carboxylic acids is 3. The minimum atomic E-state index is -0.744. The molecule has 0 radical (unpaired) electrons. The summed E-state index contributed by atoms with van der Waals surface area (Å²) in [5.41, 5.74) is 0.595. The number of thiophene rings is 1. The maximum absolute atomic E-state index is 14.3. The average molecular weight is 480 g/mol. The van der Waals surface area contributed by atoms with E-state index in [0.29, 0.717) is 11.1 Å². The van der Waals surface area contributed by atoms with E-state index in [9.17, 15) is 18.8 Å². The number of ether oxygens (including phenoxy) is 1. The highest BCUT2D eigenvalue weighted by atomic mass is 32.1. The summed E-state index contributed by atoms with van der Waals surface area (Å²) in [6.07, 6.45) is -1.25. The van der Waals surface area contributed by atoms with Crippen LogP contribution in [-0.2, 0) is 9.53 Å². The zero-order valence-corrected chi connectivity index (χ0v) is 19.6. The van der Waals surface area contributed by atoms with Crippen molar-refractivity contribution in [1.82, 2.24) is 0 Å². The summed E-state index contributed by atoms with van der Waals surface area (Å²) in [5.74, 6) is -1.61. The van der Waals surface area contributed by atoms with Gasteiger partial charge in [-0.15, -0.1) is 11.3 Å². The number of benzene rings is 2. The number of hydrogen-bond acceptors (Lipinski definition) is 6. The molecule has 0 aliphatic heterocycles. The zero-order valence-electron chi connectivity index (χ0n) is 18.8. The highest BCUT2D eigenvalue weighted by Crippen LogP contribution is 2.31. The minimum Gasteiger partial charge on any atom is -0.444 e. The van der Waals surface area contributed by atoms with E-state index in [4.69, 9.17) is 10.00 Å². The Kier molecular flexibility index (Phi) is 7.44. The molecule has 0 aliphatic carbocycles. The highest BCUT2D eigenvalue weighted by Gasteiger charge is 2.21. The van der Waals surface area contributed by atoms with E-state index in [0.717, 1.165) is 11.3 Å². The smallest absolute Gasteiger partial charge is 0.412 e. The molecule has 0 fully saturated rings. The molecule has 0 saturated heterocycles. The third-order valence-corrected chi connectivity index (χ3v) is 5.43. The van der Waals surface area contributed by atoms with Gasteiger partial charge in [0, 0.05) is 5.56 Å². The number of nitrogens with zero attached hydrogens (tertiary/aromatic N) is 1. The van der Waals surface area contributed by atoms with Crippen LogP contribution in [-0.4, -0.2) is 23.4 Å². The van der Waals surface area contributed by atoms with E-state index in [1.54, 1.807) is 50.4 Å². The van der Waals surface area contributed by atoms with Crippen molar-refractivity contribution in [3.05, 3.63) is 70.2 Å². The number of ketones is 1. The Labute approximate surface area is 200 Å². The molecule has 174 valence electrons. The van der Waals surface area contributed by atoms with Crippen LogP contribution in [0.2, 0.25) is 0 Å². The van der Waals surface area contributed by atoms with Gasteiger partial charge >= 0.3 is 6.09 Å². The third kappa shape index (κ3) is 6.27. The first-order valence-electron chi connectivity index (χ1n) is 10.3.